The number of nitrogens with zero attached hydrogens (tertiary/aromatic N) is 2. The lowest BCUT2D eigenvalue weighted by atomic mass is 10.2. The van der Waals surface area contributed by atoms with Gasteiger partial charge in [0.1, 0.15) is 12.4 Å². The number of benzene rings is 3. The highest BCUT2D eigenvalue weighted by Crippen LogP contribution is 2.32. The molecule has 0 unspecified atom stereocenters. The van der Waals surface area contributed by atoms with Gasteiger partial charge in [0, 0.05) is 16.1 Å². The molecule has 0 saturated heterocycles. The van der Waals surface area contributed by atoms with Crippen molar-refractivity contribution < 1.29 is 22.7 Å². The second-order valence-corrected chi connectivity index (χ2v) is 9.62. The number of hydrazone groups is 1. The van der Waals surface area contributed by atoms with Crippen LogP contribution in [0.25, 0.3) is 0 Å². The van der Waals surface area contributed by atoms with E-state index >= 15 is 0 Å². The minimum absolute atomic E-state index is 0.0592. The molecule has 0 bridgehead atoms. The number of anilines is 2. The molecule has 38 heavy (non-hydrogen) atoms. The van der Waals surface area contributed by atoms with Gasteiger partial charge in [-0.2, -0.15) is 18.3 Å². The number of amides is 1. The van der Waals surface area contributed by atoms with Crippen LogP contribution in [0.2, 0.25) is 10.0 Å². The molecular weight excluding hydrogens is 560 g/mol. The molecule has 0 aliphatic rings. The first-order chi connectivity index (χ1) is 18.2. The van der Waals surface area contributed by atoms with Crippen LogP contribution < -0.4 is 15.5 Å². The smallest absolute Gasteiger partial charge is 0.416 e. The van der Waals surface area contributed by atoms with Gasteiger partial charge < -0.3 is 10.1 Å². The molecule has 1 amide bonds. The van der Waals surface area contributed by atoms with E-state index in [1.165, 1.54) is 29.7 Å². The van der Waals surface area contributed by atoms with E-state index in [2.05, 4.69) is 20.8 Å². The Bertz CT molecular complexity index is 1440. The molecule has 196 valence electrons. The first-order valence-electron chi connectivity index (χ1n) is 11.0. The van der Waals surface area contributed by atoms with Crippen LogP contribution in [0.3, 0.4) is 0 Å². The van der Waals surface area contributed by atoms with E-state index in [9.17, 15) is 18.0 Å². The van der Waals surface area contributed by atoms with Gasteiger partial charge in [0.25, 0.3) is 0 Å². The number of carbonyl (C=O) groups is 1. The highest BCUT2D eigenvalue weighted by molar-refractivity contribution is 7.13. The number of hydrogen-bond acceptors (Lipinski definition) is 6. The van der Waals surface area contributed by atoms with Crippen molar-refractivity contribution in [2.75, 3.05) is 5.32 Å². The fourth-order valence-electron chi connectivity index (χ4n) is 3.18. The van der Waals surface area contributed by atoms with Crippen LogP contribution in [0.5, 0.6) is 5.75 Å². The number of ether oxygens (including phenoxy) is 1. The Morgan fingerprint density at radius 1 is 1.08 bits per heavy atom. The Labute approximate surface area is 230 Å². The molecule has 0 aliphatic heterocycles. The van der Waals surface area contributed by atoms with Crippen LogP contribution in [-0.4, -0.2) is 17.1 Å². The Balaban J connectivity index is 1.26. The van der Waals surface area contributed by atoms with Gasteiger partial charge in [-0.3, -0.25) is 4.79 Å². The first-order valence-corrected chi connectivity index (χ1v) is 12.7. The van der Waals surface area contributed by atoms with Gasteiger partial charge in [0.05, 0.1) is 28.9 Å². The molecule has 0 spiro atoms. The number of hydrogen-bond donors (Lipinski definition) is 2. The van der Waals surface area contributed by atoms with Gasteiger partial charge in [-0.25, -0.2) is 10.4 Å². The summed E-state index contributed by atoms with van der Waals surface area (Å²) in [5.41, 5.74) is 3.93. The number of thiazole rings is 1. The lowest BCUT2D eigenvalue weighted by Gasteiger charge is -2.09. The van der Waals surface area contributed by atoms with Gasteiger partial charge in [0.2, 0.25) is 5.91 Å². The van der Waals surface area contributed by atoms with Gasteiger partial charge in [-0.05, 0) is 59.7 Å². The van der Waals surface area contributed by atoms with Crippen LogP contribution in [-0.2, 0) is 24.0 Å². The molecule has 4 rings (SSSR count). The van der Waals surface area contributed by atoms with Gasteiger partial charge in [-0.1, -0.05) is 41.4 Å². The molecular formula is C26H19Cl2F3N4O2S. The summed E-state index contributed by atoms with van der Waals surface area (Å²) in [6.07, 6.45) is -3.06. The van der Waals surface area contributed by atoms with Crippen molar-refractivity contribution in [3.05, 3.63) is 105 Å². The molecule has 1 heterocycles. The van der Waals surface area contributed by atoms with Crippen molar-refractivity contribution >= 4 is 57.5 Å². The Morgan fingerprint density at radius 2 is 1.87 bits per heavy atom. The molecule has 2 N–H and O–H groups in total. The minimum Gasteiger partial charge on any atom is -0.487 e. The Kier molecular flexibility index (Phi) is 8.88. The van der Waals surface area contributed by atoms with E-state index in [-0.39, 0.29) is 12.1 Å². The number of carbonyl (C=O) groups excluding carboxylic acids is 1. The summed E-state index contributed by atoms with van der Waals surface area (Å²) >= 11 is 13.4. The van der Waals surface area contributed by atoms with E-state index in [1.807, 2.05) is 12.1 Å². The average molecular weight is 579 g/mol. The first kappa shape index (κ1) is 27.4. The maximum Gasteiger partial charge on any atom is 0.416 e. The highest BCUT2D eigenvalue weighted by atomic mass is 35.5. The summed E-state index contributed by atoms with van der Waals surface area (Å²) in [6.45, 7) is 0.328. The van der Waals surface area contributed by atoms with Crippen LogP contribution in [0, 0.1) is 0 Å². The average Bonchev–Trinajstić information content (AvgIpc) is 3.30. The number of aromatic nitrogens is 1. The van der Waals surface area contributed by atoms with Crippen molar-refractivity contribution in [1.29, 1.82) is 0 Å². The summed E-state index contributed by atoms with van der Waals surface area (Å²) in [7, 11) is 0. The Hall–Kier alpha value is -3.60. The molecule has 6 nitrogen and oxygen atoms in total. The van der Waals surface area contributed by atoms with Crippen LogP contribution in [0.1, 0.15) is 22.4 Å². The fourth-order valence-corrected chi connectivity index (χ4v) is 4.28. The standard InChI is InChI=1S/C26H19Cl2F3N4O2S/c27-19-7-4-16(5-8-19)14-37-23-9-6-17(10-22(23)28)13-32-35-24(36)12-21-15-38-25(34-21)33-20-3-1-2-18(11-20)26(29,30)31/h1-11,13,15H,12,14H2,(H,33,34)(H,35,36)/b32-13-. The molecule has 12 heteroatoms. The number of halogens is 5. The van der Waals surface area contributed by atoms with Crippen molar-refractivity contribution in [3.8, 4) is 5.75 Å². The largest absolute Gasteiger partial charge is 0.487 e. The second-order valence-electron chi connectivity index (χ2n) is 7.92. The number of rotatable bonds is 9. The van der Waals surface area contributed by atoms with E-state index in [0.29, 0.717) is 38.8 Å². The quantitative estimate of drug-likeness (QED) is 0.159. The number of nitrogens with one attached hydrogen (secondary N) is 2. The monoisotopic (exact) mass is 578 g/mol. The summed E-state index contributed by atoms with van der Waals surface area (Å²) in [6, 6.07) is 17.2. The number of alkyl halides is 3. The lowest BCUT2D eigenvalue weighted by molar-refractivity contribution is -0.137. The Morgan fingerprint density at radius 3 is 2.61 bits per heavy atom. The zero-order valence-electron chi connectivity index (χ0n) is 19.4. The molecule has 0 radical (unpaired) electrons. The zero-order valence-corrected chi connectivity index (χ0v) is 21.8. The summed E-state index contributed by atoms with van der Waals surface area (Å²) in [5, 5.41) is 9.79. The van der Waals surface area contributed by atoms with Crippen molar-refractivity contribution in [1.82, 2.24) is 10.4 Å². The lowest BCUT2D eigenvalue weighted by Crippen LogP contribution is -2.19. The molecule has 0 aliphatic carbocycles. The summed E-state index contributed by atoms with van der Waals surface area (Å²) in [4.78, 5) is 16.5. The van der Waals surface area contributed by atoms with Crippen molar-refractivity contribution in [2.24, 2.45) is 5.10 Å². The van der Waals surface area contributed by atoms with E-state index in [0.717, 1.165) is 17.7 Å². The molecule has 1 aromatic heterocycles. The van der Waals surface area contributed by atoms with Gasteiger partial charge >= 0.3 is 6.18 Å². The predicted octanol–water partition coefficient (Wildman–Crippen LogP) is 7.48. The topological polar surface area (TPSA) is 75.6 Å². The summed E-state index contributed by atoms with van der Waals surface area (Å²) < 4.78 is 44.4. The van der Waals surface area contributed by atoms with E-state index in [1.54, 1.807) is 35.7 Å². The van der Waals surface area contributed by atoms with Crippen molar-refractivity contribution in [3.63, 3.8) is 0 Å². The van der Waals surface area contributed by atoms with Crippen LogP contribution >= 0.6 is 34.5 Å². The molecule has 0 fully saturated rings. The van der Waals surface area contributed by atoms with E-state index < -0.39 is 17.6 Å². The van der Waals surface area contributed by atoms with Crippen molar-refractivity contribution in [2.45, 2.75) is 19.2 Å². The predicted molar refractivity (Wildman–Crippen MR) is 144 cm³/mol. The highest BCUT2D eigenvalue weighted by Gasteiger charge is 2.30. The van der Waals surface area contributed by atoms with Gasteiger partial charge in [0.15, 0.2) is 5.13 Å². The molecule has 4 aromatic rings. The molecule has 0 saturated carbocycles. The maximum atomic E-state index is 12.9. The van der Waals surface area contributed by atoms with E-state index in [4.69, 9.17) is 27.9 Å². The van der Waals surface area contributed by atoms with Gasteiger partial charge in [-0.15, -0.1) is 11.3 Å². The normalized spacial score (nSPS) is 11.5. The van der Waals surface area contributed by atoms with Crippen LogP contribution in [0.4, 0.5) is 24.0 Å². The fraction of sp³-hybridized carbons (Fsp3) is 0.115. The molecule has 3 aromatic carbocycles. The third-order valence-electron chi connectivity index (χ3n) is 5.00. The molecule has 0 atom stereocenters. The maximum absolute atomic E-state index is 12.9. The second kappa shape index (κ2) is 12.3. The third-order valence-corrected chi connectivity index (χ3v) is 6.35. The SMILES string of the molecule is O=C(Cc1csc(Nc2cccc(C(F)(F)F)c2)n1)N/N=C\c1ccc(OCc2ccc(Cl)cc2)c(Cl)c1. The minimum atomic E-state index is -4.44. The third kappa shape index (κ3) is 7.95. The summed E-state index contributed by atoms with van der Waals surface area (Å²) in [5.74, 6) is 0.0899. The van der Waals surface area contributed by atoms with Crippen LogP contribution in [0.15, 0.2) is 77.2 Å². The zero-order chi connectivity index (χ0) is 27.1.